The predicted octanol–water partition coefficient (Wildman–Crippen LogP) is 0.954. The van der Waals surface area contributed by atoms with Crippen LogP contribution >= 0.6 is 0 Å². The molecule has 1 rings (SSSR count). The highest BCUT2D eigenvalue weighted by molar-refractivity contribution is 5.06. The summed E-state index contributed by atoms with van der Waals surface area (Å²) in [7, 11) is 1.27. The van der Waals surface area contributed by atoms with Gasteiger partial charge in [0.15, 0.2) is 5.92 Å². The van der Waals surface area contributed by atoms with Crippen molar-refractivity contribution in [1.29, 1.82) is 5.26 Å². The molecule has 0 saturated carbocycles. The maximum atomic E-state index is 12.3. The molecule has 0 radical (unpaired) electrons. The number of halogens is 3. The summed E-state index contributed by atoms with van der Waals surface area (Å²) in [5.74, 6) is -2.27. The van der Waals surface area contributed by atoms with Crippen LogP contribution in [0.25, 0.3) is 0 Å². The van der Waals surface area contributed by atoms with Crippen LogP contribution in [0, 0.1) is 17.2 Å². The van der Waals surface area contributed by atoms with Crippen molar-refractivity contribution >= 4 is 0 Å². The fourth-order valence-corrected chi connectivity index (χ4v) is 1.06. The Morgan fingerprint density at radius 1 is 1.59 bits per heavy atom. The van der Waals surface area contributed by atoms with E-state index in [9.17, 15) is 18.0 Å². The molecule has 0 aromatic carbocycles. The first-order valence-electron chi connectivity index (χ1n) is 4.47. The number of nitrogens with zero attached hydrogens (tertiary/aromatic N) is 3. The van der Waals surface area contributed by atoms with Crippen molar-refractivity contribution in [3.05, 3.63) is 22.5 Å². The van der Waals surface area contributed by atoms with Crippen molar-refractivity contribution in [3.8, 4) is 11.9 Å². The second-order valence-electron chi connectivity index (χ2n) is 3.12. The van der Waals surface area contributed by atoms with E-state index < -0.39 is 24.2 Å². The largest absolute Gasteiger partial charge is 0.480 e. The van der Waals surface area contributed by atoms with Crippen LogP contribution in [0.4, 0.5) is 13.2 Å². The van der Waals surface area contributed by atoms with Gasteiger partial charge in [0.2, 0.25) is 5.88 Å². The van der Waals surface area contributed by atoms with E-state index in [1.54, 1.807) is 0 Å². The number of nitriles is 1. The number of rotatable bonds is 3. The van der Waals surface area contributed by atoms with Gasteiger partial charge in [0.25, 0.3) is 5.56 Å². The molecule has 1 aromatic rings. The van der Waals surface area contributed by atoms with Crippen LogP contribution in [0.5, 0.6) is 5.88 Å². The van der Waals surface area contributed by atoms with Gasteiger partial charge in [-0.1, -0.05) is 0 Å². The molecule has 1 aromatic heterocycles. The van der Waals surface area contributed by atoms with Gasteiger partial charge in [-0.3, -0.25) is 4.79 Å². The molecule has 0 aliphatic carbocycles. The molecule has 0 N–H and O–H groups in total. The van der Waals surface area contributed by atoms with E-state index in [4.69, 9.17) is 5.26 Å². The predicted molar refractivity (Wildman–Crippen MR) is 50.2 cm³/mol. The van der Waals surface area contributed by atoms with E-state index in [1.807, 2.05) is 0 Å². The summed E-state index contributed by atoms with van der Waals surface area (Å²) in [6.45, 7) is -0.851. The minimum Gasteiger partial charge on any atom is -0.480 e. The number of alkyl halides is 3. The van der Waals surface area contributed by atoms with Crippen LogP contribution in [-0.4, -0.2) is 23.1 Å². The average Bonchev–Trinajstić information content (AvgIpc) is 2.26. The lowest BCUT2D eigenvalue weighted by atomic mass is 10.1. The molecule has 5 nitrogen and oxygen atoms in total. The topological polar surface area (TPSA) is 67.9 Å². The third-order valence-electron chi connectivity index (χ3n) is 1.96. The van der Waals surface area contributed by atoms with Crippen molar-refractivity contribution in [2.75, 3.05) is 7.11 Å². The maximum absolute atomic E-state index is 12.3. The maximum Gasteiger partial charge on any atom is 0.406 e. The second-order valence-corrected chi connectivity index (χ2v) is 3.12. The van der Waals surface area contributed by atoms with E-state index >= 15 is 0 Å². The SMILES string of the molecule is COc1ccc(=O)n(CC(C#N)C(F)(F)F)n1. The van der Waals surface area contributed by atoms with Crippen molar-refractivity contribution in [1.82, 2.24) is 9.78 Å². The van der Waals surface area contributed by atoms with Gasteiger partial charge in [-0.2, -0.15) is 18.4 Å². The van der Waals surface area contributed by atoms with Crippen molar-refractivity contribution in [2.24, 2.45) is 5.92 Å². The molecule has 0 aliphatic heterocycles. The van der Waals surface area contributed by atoms with Crippen LogP contribution in [-0.2, 0) is 6.54 Å². The molecule has 0 bridgehead atoms. The lowest BCUT2D eigenvalue weighted by Gasteiger charge is -2.13. The first-order chi connectivity index (χ1) is 7.88. The van der Waals surface area contributed by atoms with Gasteiger partial charge in [0.05, 0.1) is 19.7 Å². The first kappa shape index (κ1) is 13.0. The molecule has 0 saturated heterocycles. The standard InChI is InChI=1S/C9H8F3N3O2/c1-17-7-2-3-8(16)15(14-7)5-6(4-13)9(10,11)12/h2-3,6H,5H2,1H3. The Kier molecular flexibility index (Phi) is 3.73. The highest BCUT2D eigenvalue weighted by Gasteiger charge is 2.40. The van der Waals surface area contributed by atoms with Gasteiger partial charge < -0.3 is 4.74 Å². The van der Waals surface area contributed by atoms with Crippen LogP contribution in [0.1, 0.15) is 0 Å². The number of hydrogen-bond acceptors (Lipinski definition) is 4. The molecular formula is C9H8F3N3O2. The molecule has 0 fully saturated rings. The van der Waals surface area contributed by atoms with Crippen LogP contribution in [0.15, 0.2) is 16.9 Å². The van der Waals surface area contributed by atoms with Crippen LogP contribution < -0.4 is 10.3 Å². The molecule has 1 heterocycles. The molecule has 17 heavy (non-hydrogen) atoms. The summed E-state index contributed by atoms with van der Waals surface area (Å²) in [5.41, 5.74) is -0.727. The fraction of sp³-hybridized carbons (Fsp3) is 0.444. The molecular weight excluding hydrogens is 239 g/mol. The minimum atomic E-state index is -4.70. The normalized spacial score (nSPS) is 12.9. The van der Waals surface area contributed by atoms with Gasteiger partial charge in [-0.25, -0.2) is 4.68 Å². The first-order valence-corrected chi connectivity index (χ1v) is 4.47. The van der Waals surface area contributed by atoms with E-state index in [1.165, 1.54) is 13.2 Å². The number of methoxy groups -OCH3 is 1. The summed E-state index contributed by atoms with van der Waals surface area (Å²) < 4.78 is 42.2. The summed E-state index contributed by atoms with van der Waals surface area (Å²) >= 11 is 0. The summed E-state index contributed by atoms with van der Waals surface area (Å²) in [4.78, 5) is 11.2. The molecule has 8 heteroatoms. The lowest BCUT2D eigenvalue weighted by molar-refractivity contribution is -0.162. The minimum absolute atomic E-state index is 0.00321. The van der Waals surface area contributed by atoms with E-state index in [-0.39, 0.29) is 5.88 Å². The summed E-state index contributed by atoms with van der Waals surface area (Å²) in [5, 5.41) is 11.9. The van der Waals surface area contributed by atoms with Gasteiger partial charge in [-0.15, -0.1) is 5.10 Å². The second kappa shape index (κ2) is 4.86. The Bertz CT molecular complexity index is 489. The highest BCUT2D eigenvalue weighted by atomic mass is 19.4. The van der Waals surface area contributed by atoms with Crippen LogP contribution in [0.3, 0.4) is 0 Å². The molecule has 0 amide bonds. The van der Waals surface area contributed by atoms with E-state index in [0.29, 0.717) is 4.68 Å². The smallest absolute Gasteiger partial charge is 0.406 e. The third-order valence-corrected chi connectivity index (χ3v) is 1.96. The highest BCUT2D eigenvalue weighted by Crippen LogP contribution is 2.26. The molecule has 1 atom stereocenters. The zero-order valence-corrected chi connectivity index (χ0v) is 8.73. The lowest BCUT2D eigenvalue weighted by Crippen LogP contribution is -2.32. The Hall–Kier alpha value is -2.04. The van der Waals surface area contributed by atoms with Gasteiger partial charge in [0, 0.05) is 12.1 Å². The van der Waals surface area contributed by atoms with E-state index in [2.05, 4.69) is 9.84 Å². The zero-order valence-electron chi connectivity index (χ0n) is 8.73. The van der Waals surface area contributed by atoms with Gasteiger partial charge in [0.1, 0.15) is 0 Å². The summed E-state index contributed by atoms with van der Waals surface area (Å²) in [6.07, 6.45) is -4.70. The van der Waals surface area contributed by atoms with Crippen molar-refractivity contribution in [3.63, 3.8) is 0 Å². The Morgan fingerprint density at radius 3 is 2.71 bits per heavy atom. The monoisotopic (exact) mass is 247 g/mol. The Labute approximate surface area is 94.0 Å². The van der Waals surface area contributed by atoms with Crippen molar-refractivity contribution < 1.29 is 17.9 Å². The average molecular weight is 247 g/mol. The number of ether oxygens (including phenoxy) is 1. The van der Waals surface area contributed by atoms with Crippen LogP contribution in [0.2, 0.25) is 0 Å². The molecule has 1 unspecified atom stereocenters. The fourth-order valence-electron chi connectivity index (χ4n) is 1.06. The van der Waals surface area contributed by atoms with Gasteiger partial charge >= 0.3 is 6.18 Å². The zero-order chi connectivity index (χ0) is 13.1. The van der Waals surface area contributed by atoms with E-state index in [0.717, 1.165) is 12.1 Å². The Balaban J connectivity index is 3.02. The number of hydrogen-bond donors (Lipinski definition) is 0. The molecule has 0 spiro atoms. The molecule has 92 valence electrons. The Morgan fingerprint density at radius 2 is 2.24 bits per heavy atom. The third kappa shape index (κ3) is 3.21. The number of aromatic nitrogens is 2. The van der Waals surface area contributed by atoms with Crippen molar-refractivity contribution in [2.45, 2.75) is 12.7 Å². The van der Waals surface area contributed by atoms with Gasteiger partial charge in [-0.05, 0) is 0 Å². The quantitative estimate of drug-likeness (QED) is 0.797. The summed E-state index contributed by atoms with van der Waals surface area (Å²) in [6, 6.07) is 3.34. The molecule has 0 aliphatic rings.